The zero-order chi connectivity index (χ0) is 14.4. The van der Waals surface area contributed by atoms with Crippen LogP contribution in [0, 0.1) is 5.41 Å². The Labute approximate surface area is 119 Å². The molecule has 0 aromatic carbocycles. The predicted molar refractivity (Wildman–Crippen MR) is 82.5 cm³/mol. The van der Waals surface area contributed by atoms with Crippen LogP contribution in [-0.4, -0.2) is 48.8 Å². The molecule has 0 spiro atoms. The van der Waals surface area contributed by atoms with Crippen molar-refractivity contribution in [1.82, 2.24) is 10.2 Å². The third kappa shape index (κ3) is 4.17. The van der Waals surface area contributed by atoms with E-state index in [0.29, 0.717) is 5.41 Å². The molecule has 0 aromatic heterocycles. The topological polar surface area (TPSA) is 35.5 Å². The largest absolute Gasteiger partial charge is 0.394 e. The third-order valence-electron chi connectivity index (χ3n) is 5.66. The van der Waals surface area contributed by atoms with Gasteiger partial charge >= 0.3 is 0 Å². The number of hydrogen-bond acceptors (Lipinski definition) is 3. The summed E-state index contributed by atoms with van der Waals surface area (Å²) < 4.78 is 0. The molecular formula is C16H34N2O. The zero-order valence-electron chi connectivity index (χ0n) is 13.5. The summed E-state index contributed by atoms with van der Waals surface area (Å²) in [6, 6.07) is 0. The van der Waals surface area contributed by atoms with Crippen molar-refractivity contribution in [2.45, 2.75) is 64.8 Å². The molecule has 0 aliphatic carbocycles. The van der Waals surface area contributed by atoms with E-state index < -0.39 is 0 Å². The van der Waals surface area contributed by atoms with Gasteiger partial charge < -0.3 is 15.3 Å². The summed E-state index contributed by atoms with van der Waals surface area (Å²) in [7, 11) is 1.97. The molecule has 1 rings (SSSR count). The van der Waals surface area contributed by atoms with Gasteiger partial charge in [-0.1, -0.05) is 20.8 Å². The van der Waals surface area contributed by atoms with Crippen LogP contribution < -0.4 is 5.32 Å². The van der Waals surface area contributed by atoms with E-state index in [4.69, 9.17) is 0 Å². The van der Waals surface area contributed by atoms with E-state index in [1.807, 2.05) is 7.05 Å². The number of rotatable bonds is 9. The van der Waals surface area contributed by atoms with Crippen molar-refractivity contribution < 1.29 is 5.11 Å². The number of likely N-dealkylation sites (tertiary alicyclic amines) is 1. The molecule has 19 heavy (non-hydrogen) atoms. The van der Waals surface area contributed by atoms with Gasteiger partial charge in [0.25, 0.3) is 0 Å². The second-order valence-corrected chi connectivity index (χ2v) is 6.38. The molecular weight excluding hydrogens is 236 g/mol. The quantitative estimate of drug-likeness (QED) is 0.676. The highest BCUT2D eigenvalue weighted by Gasteiger charge is 2.34. The molecule has 0 aromatic rings. The van der Waals surface area contributed by atoms with E-state index in [2.05, 4.69) is 31.0 Å². The van der Waals surface area contributed by atoms with Crippen LogP contribution in [0.15, 0.2) is 0 Å². The van der Waals surface area contributed by atoms with Crippen LogP contribution in [0.25, 0.3) is 0 Å². The lowest BCUT2D eigenvalue weighted by molar-refractivity contribution is 0.146. The van der Waals surface area contributed by atoms with E-state index >= 15 is 0 Å². The van der Waals surface area contributed by atoms with Crippen molar-refractivity contribution in [3.05, 3.63) is 0 Å². The summed E-state index contributed by atoms with van der Waals surface area (Å²) in [5, 5.41) is 12.9. The molecule has 1 saturated heterocycles. The standard InChI is InChI=1S/C16H34N2O/c1-5-15(6-2)10-12-18(13-15)11-8-9-16(7-3,14-19)17-4/h17,19H,5-14H2,1-4H3. The third-order valence-corrected chi connectivity index (χ3v) is 5.66. The normalized spacial score (nSPS) is 22.6. The van der Waals surface area contributed by atoms with Gasteiger partial charge in [-0.3, -0.25) is 0 Å². The first-order valence-corrected chi connectivity index (χ1v) is 8.11. The summed E-state index contributed by atoms with van der Waals surface area (Å²) >= 11 is 0. The van der Waals surface area contributed by atoms with Gasteiger partial charge in [0, 0.05) is 12.1 Å². The Morgan fingerprint density at radius 1 is 1.26 bits per heavy atom. The maximum Gasteiger partial charge on any atom is 0.0613 e. The van der Waals surface area contributed by atoms with Gasteiger partial charge in [-0.15, -0.1) is 0 Å². The minimum atomic E-state index is -0.0632. The molecule has 0 amide bonds. The van der Waals surface area contributed by atoms with E-state index in [9.17, 15) is 5.11 Å². The van der Waals surface area contributed by atoms with Gasteiger partial charge in [0.05, 0.1) is 6.61 Å². The molecule has 1 aliphatic heterocycles. The Kier molecular flexibility index (Phi) is 6.78. The molecule has 1 aliphatic rings. The molecule has 3 heteroatoms. The Bertz CT molecular complexity index is 239. The van der Waals surface area contributed by atoms with E-state index in [0.717, 1.165) is 12.8 Å². The van der Waals surface area contributed by atoms with Crippen LogP contribution in [0.5, 0.6) is 0 Å². The molecule has 3 nitrogen and oxygen atoms in total. The molecule has 1 fully saturated rings. The average Bonchev–Trinajstić information content (AvgIpc) is 2.88. The lowest BCUT2D eigenvalue weighted by Gasteiger charge is -2.31. The van der Waals surface area contributed by atoms with Gasteiger partial charge in [-0.25, -0.2) is 0 Å². The highest BCUT2D eigenvalue weighted by Crippen LogP contribution is 2.37. The van der Waals surface area contributed by atoms with Crippen LogP contribution in [0.2, 0.25) is 0 Å². The second kappa shape index (κ2) is 7.61. The summed E-state index contributed by atoms with van der Waals surface area (Å²) in [5.74, 6) is 0. The van der Waals surface area contributed by atoms with Crippen LogP contribution in [0.4, 0.5) is 0 Å². The Morgan fingerprint density at radius 2 is 1.95 bits per heavy atom. The van der Waals surface area contributed by atoms with Crippen molar-refractivity contribution in [3.63, 3.8) is 0 Å². The molecule has 1 heterocycles. The number of likely N-dealkylation sites (N-methyl/N-ethyl adjacent to an activating group) is 1. The first kappa shape index (κ1) is 16.9. The minimum Gasteiger partial charge on any atom is -0.394 e. The highest BCUT2D eigenvalue weighted by atomic mass is 16.3. The first-order chi connectivity index (χ1) is 9.09. The lowest BCUT2D eigenvalue weighted by atomic mass is 9.82. The highest BCUT2D eigenvalue weighted by molar-refractivity contribution is 4.89. The predicted octanol–water partition coefficient (Wildman–Crippen LogP) is 2.64. The van der Waals surface area contributed by atoms with Crippen LogP contribution in [-0.2, 0) is 0 Å². The van der Waals surface area contributed by atoms with Crippen LogP contribution in [0.3, 0.4) is 0 Å². The molecule has 0 radical (unpaired) electrons. The lowest BCUT2D eigenvalue weighted by Crippen LogP contribution is -2.46. The van der Waals surface area contributed by atoms with Gasteiger partial charge in [-0.05, 0) is 64.1 Å². The van der Waals surface area contributed by atoms with Crippen LogP contribution >= 0.6 is 0 Å². The number of aliphatic hydroxyl groups excluding tert-OH is 1. The van der Waals surface area contributed by atoms with E-state index in [-0.39, 0.29) is 12.1 Å². The first-order valence-electron chi connectivity index (χ1n) is 8.11. The molecule has 114 valence electrons. The Hall–Kier alpha value is -0.120. The summed E-state index contributed by atoms with van der Waals surface area (Å²) in [6.07, 6.45) is 7.23. The fraction of sp³-hybridized carbons (Fsp3) is 1.00. The number of aliphatic hydroxyl groups is 1. The number of nitrogens with one attached hydrogen (secondary N) is 1. The Morgan fingerprint density at radius 3 is 2.37 bits per heavy atom. The fourth-order valence-corrected chi connectivity index (χ4v) is 3.44. The monoisotopic (exact) mass is 270 g/mol. The second-order valence-electron chi connectivity index (χ2n) is 6.38. The van der Waals surface area contributed by atoms with Crippen molar-refractivity contribution in [3.8, 4) is 0 Å². The number of nitrogens with zero attached hydrogens (tertiary/aromatic N) is 1. The fourth-order valence-electron chi connectivity index (χ4n) is 3.44. The Balaban J connectivity index is 2.35. The van der Waals surface area contributed by atoms with Crippen molar-refractivity contribution in [2.75, 3.05) is 33.3 Å². The van der Waals surface area contributed by atoms with Gasteiger partial charge in [0.1, 0.15) is 0 Å². The van der Waals surface area contributed by atoms with E-state index in [1.54, 1.807) is 0 Å². The smallest absolute Gasteiger partial charge is 0.0613 e. The maximum atomic E-state index is 9.55. The molecule has 1 unspecified atom stereocenters. The van der Waals surface area contributed by atoms with Crippen molar-refractivity contribution >= 4 is 0 Å². The summed E-state index contributed by atoms with van der Waals surface area (Å²) in [6.45, 7) is 10.8. The van der Waals surface area contributed by atoms with Gasteiger partial charge in [0.2, 0.25) is 0 Å². The molecule has 1 atom stereocenters. The van der Waals surface area contributed by atoms with Crippen molar-refractivity contribution in [1.29, 1.82) is 0 Å². The maximum absolute atomic E-state index is 9.55. The summed E-state index contributed by atoms with van der Waals surface area (Å²) in [5.41, 5.74) is 0.522. The van der Waals surface area contributed by atoms with Gasteiger partial charge in [0.15, 0.2) is 0 Å². The minimum absolute atomic E-state index is 0.0632. The number of hydrogen-bond donors (Lipinski definition) is 2. The van der Waals surface area contributed by atoms with Gasteiger partial charge in [-0.2, -0.15) is 0 Å². The molecule has 0 bridgehead atoms. The average molecular weight is 270 g/mol. The molecule has 0 saturated carbocycles. The summed E-state index contributed by atoms with van der Waals surface area (Å²) in [4.78, 5) is 2.63. The van der Waals surface area contributed by atoms with Crippen LogP contribution in [0.1, 0.15) is 59.3 Å². The van der Waals surface area contributed by atoms with Crippen molar-refractivity contribution in [2.24, 2.45) is 5.41 Å². The van der Waals surface area contributed by atoms with E-state index in [1.165, 1.54) is 45.3 Å². The SMILES string of the molecule is CCC1(CC)CCN(CCCC(CC)(CO)NC)C1. The zero-order valence-corrected chi connectivity index (χ0v) is 13.5. The molecule has 2 N–H and O–H groups in total.